The molecule has 0 unspecified atom stereocenters. The molecule has 0 radical (unpaired) electrons. The molecule has 1 atom stereocenters. The van der Waals surface area contributed by atoms with E-state index in [4.69, 9.17) is 5.73 Å². The van der Waals surface area contributed by atoms with Gasteiger partial charge in [-0.15, -0.1) is 0 Å². The molecule has 1 aliphatic carbocycles. The summed E-state index contributed by atoms with van der Waals surface area (Å²) in [6.45, 7) is 3.50. The number of nitrogens with zero attached hydrogens (tertiary/aromatic N) is 1. The van der Waals surface area contributed by atoms with E-state index in [1.54, 1.807) is 0 Å². The van der Waals surface area contributed by atoms with Gasteiger partial charge in [0.25, 0.3) is 0 Å². The lowest BCUT2D eigenvalue weighted by Crippen LogP contribution is -2.33. The van der Waals surface area contributed by atoms with Crippen LogP contribution in [0.25, 0.3) is 0 Å². The number of hydrogen-bond donors (Lipinski definition) is 1. The van der Waals surface area contributed by atoms with Crippen LogP contribution in [0.1, 0.15) is 24.8 Å². The Morgan fingerprint density at radius 1 is 1.25 bits per heavy atom. The minimum Gasteiger partial charge on any atom is -0.326 e. The van der Waals surface area contributed by atoms with E-state index in [9.17, 15) is 0 Å². The molecular weight excluding hydrogens is 196 g/mol. The first-order valence-corrected chi connectivity index (χ1v) is 6.32. The van der Waals surface area contributed by atoms with Crippen LogP contribution in [0.2, 0.25) is 0 Å². The monoisotopic (exact) mass is 216 g/mol. The van der Waals surface area contributed by atoms with Gasteiger partial charge in [0.1, 0.15) is 0 Å². The lowest BCUT2D eigenvalue weighted by molar-refractivity contribution is 0.301. The molecule has 2 nitrogen and oxygen atoms in total. The van der Waals surface area contributed by atoms with E-state index in [0.717, 1.165) is 6.54 Å². The van der Waals surface area contributed by atoms with Gasteiger partial charge in [-0.1, -0.05) is 30.3 Å². The molecule has 1 aromatic carbocycles. The standard InChI is InChI=1S/C14H20N2/c15-13-6-9-16(10-13)11-14(7-8-14)12-4-2-1-3-5-12/h1-5,13H,6-11,15H2/t13-/m1/s1. The van der Waals surface area contributed by atoms with E-state index in [2.05, 4.69) is 35.2 Å². The zero-order chi connectivity index (χ0) is 11.0. The smallest absolute Gasteiger partial charge is 0.0180 e. The van der Waals surface area contributed by atoms with Gasteiger partial charge in [0.05, 0.1) is 0 Å². The van der Waals surface area contributed by atoms with E-state index in [1.165, 1.54) is 37.9 Å². The molecule has 3 rings (SSSR count). The third-order valence-corrected chi connectivity index (χ3v) is 4.07. The summed E-state index contributed by atoms with van der Waals surface area (Å²) >= 11 is 0. The Balaban J connectivity index is 1.70. The molecule has 1 aromatic rings. The zero-order valence-electron chi connectivity index (χ0n) is 9.73. The van der Waals surface area contributed by atoms with Crippen molar-refractivity contribution in [3.05, 3.63) is 35.9 Å². The molecule has 16 heavy (non-hydrogen) atoms. The predicted octanol–water partition coefficient (Wildman–Crippen LogP) is 1.75. The molecule has 0 aromatic heterocycles. The number of likely N-dealkylation sites (tertiary alicyclic amines) is 1. The molecule has 2 heteroatoms. The third-order valence-electron chi connectivity index (χ3n) is 4.07. The molecule has 86 valence electrons. The average molecular weight is 216 g/mol. The molecule has 2 N–H and O–H groups in total. The van der Waals surface area contributed by atoms with Gasteiger partial charge in [0, 0.05) is 24.5 Å². The van der Waals surface area contributed by atoms with E-state index in [1.807, 2.05) is 0 Å². The maximum absolute atomic E-state index is 5.96. The van der Waals surface area contributed by atoms with Crippen LogP contribution < -0.4 is 5.73 Å². The number of nitrogens with two attached hydrogens (primary N) is 1. The topological polar surface area (TPSA) is 29.3 Å². The first-order chi connectivity index (χ1) is 7.78. The lowest BCUT2D eigenvalue weighted by Gasteiger charge is -2.23. The highest BCUT2D eigenvalue weighted by molar-refractivity contribution is 5.31. The van der Waals surface area contributed by atoms with Crippen molar-refractivity contribution in [1.82, 2.24) is 4.90 Å². The zero-order valence-corrected chi connectivity index (χ0v) is 9.73. The van der Waals surface area contributed by atoms with Gasteiger partial charge < -0.3 is 10.6 Å². The Kier molecular flexibility index (Phi) is 2.49. The molecule has 2 aliphatic rings. The van der Waals surface area contributed by atoms with Crippen LogP contribution in [-0.4, -0.2) is 30.6 Å². The van der Waals surface area contributed by atoms with Crippen LogP contribution in [0, 0.1) is 0 Å². The highest BCUT2D eigenvalue weighted by Gasteiger charge is 2.45. The number of benzene rings is 1. The predicted molar refractivity (Wildman–Crippen MR) is 66.4 cm³/mol. The number of rotatable bonds is 3. The van der Waals surface area contributed by atoms with Crippen LogP contribution >= 0.6 is 0 Å². The Bertz CT molecular complexity index is 356. The average Bonchev–Trinajstić information content (AvgIpc) is 2.98. The van der Waals surface area contributed by atoms with Crippen LogP contribution in [0.15, 0.2) is 30.3 Å². The maximum Gasteiger partial charge on any atom is 0.0180 e. The summed E-state index contributed by atoms with van der Waals surface area (Å²) in [6, 6.07) is 11.4. The van der Waals surface area contributed by atoms with Crippen molar-refractivity contribution in [3.63, 3.8) is 0 Å². The summed E-state index contributed by atoms with van der Waals surface area (Å²) in [5.41, 5.74) is 7.95. The second-order valence-corrected chi connectivity index (χ2v) is 5.43. The Morgan fingerprint density at radius 2 is 2.00 bits per heavy atom. The molecule has 0 spiro atoms. The first-order valence-electron chi connectivity index (χ1n) is 6.32. The highest BCUT2D eigenvalue weighted by Crippen LogP contribution is 2.48. The fourth-order valence-electron chi connectivity index (χ4n) is 2.91. The summed E-state index contributed by atoms with van der Waals surface area (Å²) in [5, 5.41) is 0. The molecule has 1 aliphatic heterocycles. The van der Waals surface area contributed by atoms with Gasteiger partial charge in [-0.05, 0) is 31.4 Å². The fraction of sp³-hybridized carbons (Fsp3) is 0.571. The van der Waals surface area contributed by atoms with Gasteiger partial charge in [0.2, 0.25) is 0 Å². The molecule has 1 heterocycles. The quantitative estimate of drug-likeness (QED) is 0.834. The Hall–Kier alpha value is -0.860. The minimum atomic E-state index is 0.409. The van der Waals surface area contributed by atoms with Crippen LogP contribution in [0.4, 0.5) is 0 Å². The summed E-state index contributed by atoms with van der Waals surface area (Å²) < 4.78 is 0. The van der Waals surface area contributed by atoms with Gasteiger partial charge in [-0.3, -0.25) is 0 Å². The minimum absolute atomic E-state index is 0.409. The van der Waals surface area contributed by atoms with E-state index in [0.29, 0.717) is 11.5 Å². The molecule has 1 saturated carbocycles. The van der Waals surface area contributed by atoms with Gasteiger partial charge in [-0.2, -0.15) is 0 Å². The van der Waals surface area contributed by atoms with E-state index < -0.39 is 0 Å². The second-order valence-electron chi connectivity index (χ2n) is 5.43. The van der Waals surface area contributed by atoms with Gasteiger partial charge >= 0.3 is 0 Å². The molecule has 1 saturated heterocycles. The summed E-state index contributed by atoms with van der Waals surface area (Å²) in [4.78, 5) is 2.55. The van der Waals surface area contributed by atoms with Crippen molar-refractivity contribution in [2.24, 2.45) is 5.73 Å². The Labute approximate surface area is 97.4 Å². The molecule has 0 amide bonds. The maximum atomic E-state index is 5.96. The summed E-state index contributed by atoms with van der Waals surface area (Å²) in [5.74, 6) is 0. The Morgan fingerprint density at radius 3 is 2.56 bits per heavy atom. The second kappa shape index (κ2) is 3.86. The van der Waals surface area contributed by atoms with Crippen molar-refractivity contribution >= 4 is 0 Å². The summed E-state index contributed by atoms with van der Waals surface area (Å²) in [7, 11) is 0. The van der Waals surface area contributed by atoms with Gasteiger partial charge in [0.15, 0.2) is 0 Å². The van der Waals surface area contributed by atoms with Crippen LogP contribution in [0.3, 0.4) is 0 Å². The first kappa shape index (κ1) is 10.3. The lowest BCUT2D eigenvalue weighted by atomic mass is 9.95. The van der Waals surface area contributed by atoms with Gasteiger partial charge in [-0.25, -0.2) is 0 Å². The van der Waals surface area contributed by atoms with Crippen molar-refractivity contribution < 1.29 is 0 Å². The SMILES string of the molecule is N[C@@H]1CCN(CC2(c3ccccc3)CC2)C1. The molecular formula is C14H20N2. The third kappa shape index (κ3) is 1.87. The highest BCUT2D eigenvalue weighted by atomic mass is 15.2. The fourth-order valence-corrected chi connectivity index (χ4v) is 2.91. The van der Waals surface area contributed by atoms with Crippen LogP contribution in [-0.2, 0) is 5.41 Å². The normalized spacial score (nSPS) is 28.2. The molecule has 2 fully saturated rings. The summed E-state index contributed by atoms with van der Waals surface area (Å²) in [6.07, 6.45) is 3.87. The largest absolute Gasteiger partial charge is 0.326 e. The van der Waals surface area contributed by atoms with Crippen molar-refractivity contribution in [3.8, 4) is 0 Å². The van der Waals surface area contributed by atoms with Crippen molar-refractivity contribution in [2.75, 3.05) is 19.6 Å². The number of hydrogen-bond acceptors (Lipinski definition) is 2. The van der Waals surface area contributed by atoms with E-state index in [-0.39, 0.29) is 0 Å². The molecule has 0 bridgehead atoms. The van der Waals surface area contributed by atoms with Crippen LogP contribution in [0.5, 0.6) is 0 Å². The van der Waals surface area contributed by atoms with Crippen molar-refractivity contribution in [2.45, 2.75) is 30.7 Å². The van der Waals surface area contributed by atoms with Crippen molar-refractivity contribution in [1.29, 1.82) is 0 Å². The van der Waals surface area contributed by atoms with E-state index >= 15 is 0 Å².